The largest absolute Gasteiger partial charge is 0.381 e. The van der Waals surface area contributed by atoms with Crippen molar-refractivity contribution in [2.24, 2.45) is 0 Å². The summed E-state index contributed by atoms with van der Waals surface area (Å²) in [6.45, 7) is 5.72. The number of benzene rings is 1. The molecule has 1 atom stereocenters. The first kappa shape index (κ1) is 10.0. The highest BCUT2D eigenvalue weighted by Crippen LogP contribution is 2.22. The minimum Gasteiger partial charge on any atom is -0.381 e. The van der Waals surface area contributed by atoms with Crippen LogP contribution in [0.1, 0.15) is 25.0 Å². The first-order chi connectivity index (χ1) is 6.06. The Kier molecular flexibility index (Phi) is 2.89. The fourth-order valence-electron chi connectivity index (χ4n) is 1.38. The maximum atomic E-state index is 10.0. The van der Waals surface area contributed by atoms with Crippen molar-refractivity contribution in [3.63, 3.8) is 0 Å². The Morgan fingerprint density at radius 1 is 1.38 bits per heavy atom. The Balaban J connectivity index is 3.07. The van der Waals surface area contributed by atoms with Crippen molar-refractivity contribution in [2.75, 3.05) is 0 Å². The molecule has 1 heteroatoms. The van der Waals surface area contributed by atoms with Crippen molar-refractivity contribution < 1.29 is 5.11 Å². The van der Waals surface area contributed by atoms with Gasteiger partial charge in [0.25, 0.3) is 0 Å². The SMILES string of the molecule is CC=CC(C)(O)c1cccc(C)c1. The van der Waals surface area contributed by atoms with Crippen LogP contribution in [0.25, 0.3) is 0 Å². The van der Waals surface area contributed by atoms with Crippen molar-refractivity contribution in [2.45, 2.75) is 26.4 Å². The number of aliphatic hydroxyl groups is 1. The normalized spacial score (nSPS) is 16.0. The third-order valence-electron chi connectivity index (χ3n) is 2.09. The van der Waals surface area contributed by atoms with E-state index in [1.807, 2.05) is 44.2 Å². The van der Waals surface area contributed by atoms with Crippen molar-refractivity contribution >= 4 is 0 Å². The van der Waals surface area contributed by atoms with Crippen LogP contribution in [0.4, 0.5) is 0 Å². The average Bonchev–Trinajstić information content (AvgIpc) is 2.04. The fourth-order valence-corrected chi connectivity index (χ4v) is 1.38. The quantitative estimate of drug-likeness (QED) is 0.687. The maximum absolute atomic E-state index is 10.0. The van der Waals surface area contributed by atoms with Crippen molar-refractivity contribution in [3.8, 4) is 0 Å². The van der Waals surface area contributed by atoms with Crippen molar-refractivity contribution in [3.05, 3.63) is 47.5 Å². The van der Waals surface area contributed by atoms with Gasteiger partial charge >= 0.3 is 0 Å². The standard InChI is InChI=1S/C12H16O/c1-4-8-12(3,13)11-7-5-6-10(2)9-11/h4-9,13H,1-3H3. The van der Waals surface area contributed by atoms with Gasteiger partial charge in [-0.3, -0.25) is 0 Å². The lowest BCUT2D eigenvalue weighted by Gasteiger charge is -2.19. The van der Waals surface area contributed by atoms with Gasteiger partial charge in [0, 0.05) is 0 Å². The minimum absolute atomic E-state index is 0.846. The van der Waals surface area contributed by atoms with E-state index >= 15 is 0 Å². The minimum atomic E-state index is -0.846. The van der Waals surface area contributed by atoms with Gasteiger partial charge in [-0.25, -0.2) is 0 Å². The highest BCUT2D eigenvalue weighted by molar-refractivity contribution is 5.30. The molecule has 0 aliphatic carbocycles. The Morgan fingerprint density at radius 3 is 2.62 bits per heavy atom. The van der Waals surface area contributed by atoms with E-state index in [-0.39, 0.29) is 0 Å². The molecule has 1 aromatic carbocycles. The molecule has 0 fully saturated rings. The van der Waals surface area contributed by atoms with Crippen LogP contribution >= 0.6 is 0 Å². The number of rotatable bonds is 2. The van der Waals surface area contributed by atoms with Crippen LogP contribution in [-0.2, 0) is 5.60 Å². The topological polar surface area (TPSA) is 20.2 Å². The Bertz CT molecular complexity index is 311. The van der Waals surface area contributed by atoms with Crippen LogP contribution in [0, 0.1) is 6.92 Å². The Hall–Kier alpha value is -1.08. The third-order valence-corrected chi connectivity index (χ3v) is 2.09. The molecule has 0 heterocycles. The van der Waals surface area contributed by atoms with Gasteiger partial charge in [0.05, 0.1) is 0 Å². The lowest BCUT2D eigenvalue weighted by atomic mass is 9.94. The van der Waals surface area contributed by atoms with E-state index < -0.39 is 5.60 Å². The molecule has 0 aromatic heterocycles. The smallest absolute Gasteiger partial charge is 0.105 e. The average molecular weight is 176 g/mol. The molecule has 1 aromatic rings. The van der Waals surface area contributed by atoms with Gasteiger partial charge in [-0.15, -0.1) is 0 Å². The Morgan fingerprint density at radius 2 is 2.08 bits per heavy atom. The second-order valence-electron chi connectivity index (χ2n) is 3.52. The summed E-state index contributed by atoms with van der Waals surface area (Å²) >= 11 is 0. The van der Waals surface area contributed by atoms with E-state index in [9.17, 15) is 5.11 Å². The zero-order valence-corrected chi connectivity index (χ0v) is 8.41. The van der Waals surface area contributed by atoms with Crippen LogP contribution in [0.3, 0.4) is 0 Å². The van der Waals surface area contributed by atoms with Gasteiger partial charge in [-0.1, -0.05) is 42.0 Å². The van der Waals surface area contributed by atoms with Crippen molar-refractivity contribution in [1.82, 2.24) is 0 Å². The maximum Gasteiger partial charge on any atom is 0.105 e. The van der Waals surface area contributed by atoms with Gasteiger partial charge in [-0.2, -0.15) is 0 Å². The summed E-state index contributed by atoms with van der Waals surface area (Å²) < 4.78 is 0. The highest BCUT2D eigenvalue weighted by atomic mass is 16.3. The summed E-state index contributed by atoms with van der Waals surface area (Å²) in [6, 6.07) is 7.92. The first-order valence-corrected chi connectivity index (χ1v) is 4.49. The van der Waals surface area contributed by atoms with Gasteiger partial charge in [-0.05, 0) is 26.3 Å². The van der Waals surface area contributed by atoms with E-state index in [1.54, 1.807) is 13.0 Å². The summed E-state index contributed by atoms with van der Waals surface area (Å²) in [7, 11) is 0. The molecule has 0 amide bonds. The number of hydrogen-bond acceptors (Lipinski definition) is 1. The highest BCUT2D eigenvalue weighted by Gasteiger charge is 2.18. The summed E-state index contributed by atoms with van der Waals surface area (Å²) in [5.41, 5.74) is 1.26. The summed E-state index contributed by atoms with van der Waals surface area (Å²) in [5, 5.41) is 10.0. The molecule has 0 spiro atoms. The van der Waals surface area contributed by atoms with E-state index in [2.05, 4.69) is 0 Å². The molecule has 0 saturated heterocycles. The summed E-state index contributed by atoms with van der Waals surface area (Å²) in [6.07, 6.45) is 3.66. The molecular weight excluding hydrogens is 160 g/mol. The summed E-state index contributed by atoms with van der Waals surface area (Å²) in [5.74, 6) is 0. The van der Waals surface area contributed by atoms with Crippen LogP contribution in [0.2, 0.25) is 0 Å². The molecule has 70 valence electrons. The first-order valence-electron chi connectivity index (χ1n) is 4.49. The molecule has 1 N–H and O–H groups in total. The predicted octanol–water partition coefficient (Wildman–Crippen LogP) is 2.78. The molecule has 0 bridgehead atoms. The summed E-state index contributed by atoms with van der Waals surface area (Å²) in [4.78, 5) is 0. The molecule has 1 rings (SSSR count). The molecule has 0 saturated carbocycles. The van der Waals surface area contributed by atoms with Crippen molar-refractivity contribution in [1.29, 1.82) is 0 Å². The van der Waals surface area contributed by atoms with Gasteiger partial charge < -0.3 is 5.11 Å². The molecule has 0 radical (unpaired) electrons. The van der Waals surface area contributed by atoms with Crippen LogP contribution in [0.15, 0.2) is 36.4 Å². The van der Waals surface area contributed by atoms with Gasteiger partial charge in [0.1, 0.15) is 5.60 Å². The number of hydrogen-bond donors (Lipinski definition) is 1. The van der Waals surface area contributed by atoms with Gasteiger partial charge in [0.2, 0.25) is 0 Å². The second-order valence-corrected chi connectivity index (χ2v) is 3.52. The van der Waals surface area contributed by atoms with E-state index in [1.165, 1.54) is 5.56 Å². The van der Waals surface area contributed by atoms with E-state index in [4.69, 9.17) is 0 Å². The lowest BCUT2D eigenvalue weighted by molar-refractivity contribution is 0.111. The van der Waals surface area contributed by atoms with E-state index in [0.717, 1.165) is 5.56 Å². The van der Waals surface area contributed by atoms with Gasteiger partial charge in [0.15, 0.2) is 0 Å². The predicted molar refractivity (Wildman–Crippen MR) is 55.6 cm³/mol. The lowest BCUT2D eigenvalue weighted by Crippen LogP contribution is -2.17. The zero-order valence-electron chi connectivity index (χ0n) is 8.41. The molecule has 1 unspecified atom stereocenters. The Labute approximate surface area is 79.7 Å². The third kappa shape index (κ3) is 2.43. The van der Waals surface area contributed by atoms with E-state index in [0.29, 0.717) is 0 Å². The molecular formula is C12H16O. The zero-order chi connectivity index (χ0) is 9.90. The molecule has 0 aliphatic heterocycles. The second kappa shape index (κ2) is 3.75. The fraction of sp³-hybridized carbons (Fsp3) is 0.333. The number of aryl methyl sites for hydroxylation is 1. The molecule has 1 nitrogen and oxygen atoms in total. The van der Waals surface area contributed by atoms with Crippen LogP contribution < -0.4 is 0 Å². The molecule has 0 aliphatic rings. The number of allylic oxidation sites excluding steroid dienone is 1. The van der Waals surface area contributed by atoms with Crippen LogP contribution in [-0.4, -0.2) is 5.11 Å². The van der Waals surface area contributed by atoms with Crippen LogP contribution in [0.5, 0.6) is 0 Å². The molecule has 13 heavy (non-hydrogen) atoms. The monoisotopic (exact) mass is 176 g/mol.